The molecule has 10 rings (SSSR count). The largest absolute Gasteiger partial charge is 0.347 e. The molecule has 0 bridgehead atoms. The number of nitrogens with one attached hydrogen (secondary N) is 2. The van der Waals surface area contributed by atoms with Crippen LogP contribution in [-0.4, -0.2) is 103 Å². The number of hydrogen-bond acceptors (Lipinski definition) is 14. The maximum Gasteiger partial charge on any atom is 0.282 e. The van der Waals surface area contributed by atoms with Crippen molar-refractivity contribution in [2.45, 2.75) is 59.3 Å². The van der Waals surface area contributed by atoms with E-state index >= 15 is 0 Å². The van der Waals surface area contributed by atoms with E-state index in [0.717, 1.165) is 49.4 Å². The SMILES string of the molecule is O=C(NCc1ccc(S(=O)(=O)N2CCC(n3nnc4ccccc43)CC2)s1)c1cccn(-n2cccc(C(=O)NCc3ccc(S(=O)(=O)N4CCC(n5nnc6ccccc65)CC4)s3)c2=S)c1=O. The summed E-state index contributed by atoms with van der Waals surface area (Å²) in [6.45, 7) is 1.29. The molecule has 0 atom stereocenters. The highest BCUT2D eigenvalue weighted by molar-refractivity contribution is 7.91. The number of sulfonamides is 2. The van der Waals surface area contributed by atoms with Crippen molar-refractivity contribution >= 4 is 88.8 Å². The van der Waals surface area contributed by atoms with Gasteiger partial charge in [0.05, 0.1) is 41.8 Å². The molecule has 0 radical (unpaired) electrons. The van der Waals surface area contributed by atoms with Crippen molar-refractivity contribution in [2.75, 3.05) is 26.2 Å². The quantitative estimate of drug-likeness (QED) is 0.142. The summed E-state index contributed by atoms with van der Waals surface area (Å²) in [5.41, 5.74) is 2.58. The summed E-state index contributed by atoms with van der Waals surface area (Å²) in [5, 5.41) is 22.6. The van der Waals surface area contributed by atoms with Gasteiger partial charge in [-0.05, 0) is 98.5 Å². The van der Waals surface area contributed by atoms with Gasteiger partial charge >= 0.3 is 0 Å². The molecule has 2 amide bonds. The highest BCUT2D eigenvalue weighted by Gasteiger charge is 2.34. The van der Waals surface area contributed by atoms with Gasteiger partial charge < -0.3 is 10.6 Å². The Kier molecular flexibility index (Phi) is 12.5. The summed E-state index contributed by atoms with van der Waals surface area (Å²) < 4.78 is 63.9. The first-order valence-electron chi connectivity index (χ1n) is 21.6. The summed E-state index contributed by atoms with van der Waals surface area (Å²) in [4.78, 5) is 41.8. The van der Waals surface area contributed by atoms with Crippen molar-refractivity contribution in [3.63, 3.8) is 0 Å². The fourth-order valence-electron chi connectivity index (χ4n) is 8.58. The molecule has 2 aliphatic rings. The number of hydrogen-bond donors (Lipinski definition) is 2. The van der Waals surface area contributed by atoms with Crippen molar-refractivity contribution in [2.24, 2.45) is 0 Å². The third-order valence-electron chi connectivity index (χ3n) is 12.2. The van der Waals surface area contributed by atoms with Gasteiger partial charge in [0.15, 0.2) is 0 Å². The number of carbonyl (C=O) groups excluding carboxylic acids is 2. The van der Waals surface area contributed by atoms with E-state index in [2.05, 4.69) is 31.3 Å². The molecule has 19 nitrogen and oxygen atoms in total. The molecule has 6 aromatic heterocycles. The highest BCUT2D eigenvalue weighted by atomic mass is 32.3. The number of nitrogens with zero attached hydrogens (tertiary/aromatic N) is 10. The zero-order chi connectivity index (χ0) is 47.2. The Bertz CT molecular complexity index is 3330. The Hall–Kier alpha value is -6.28. The lowest BCUT2D eigenvalue weighted by Crippen LogP contribution is -2.38. The standard InChI is InChI=1S/C44H42N12O7S5/c57-41(45-27-31-13-15-39(65-31)67(60,61)51-23-17-29(18-24-51)55-37-11-3-1-9-35(37)47-49-55)33-7-5-21-53(43(33)59)54-22-6-8-34(44(54)64)42(58)46-28-32-14-16-40(66-32)68(62,63)52-25-19-30(20-26-52)56-38-12-4-2-10-36(38)48-50-56/h1-16,21-22,29-30H,17-20,23-28H2,(H,45,57)(H,46,58). The van der Waals surface area contributed by atoms with Gasteiger partial charge in [0, 0.05) is 48.3 Å². The molecule has 0 spiro atoms. The normalized spacial score (nSPS) is 15.8. The molecule has 24 heteroatoms. The van der Waals surface area contributed by atoms with Crippen LogP contribution in [0.25, 0.3) is 22.1 Å². The van der Waals surface area contributed by atoms with E-state index in [1.807, 2.05) is 57.9 Å². The Morgan fingerprint density at radius 3 is 1.53 bits per heavy atom. The van der Waals surface area contributed by atoms with Crippen molar-refractivity contribution in [3.05, 3.63) is 145 Å². The van der Waals surface area contributed by atoms with Crippen LogP contribution >= 0.6 is 34.9 Å². The first-order valence-corrected chi connectivity index (χ1v) is 26.6. The number of benzene rings is 2. The molecular weight excluding hydrogens is 969 g/mol. The molecule has 8 heterocycles. The lowest BCUT2D eigenvalue weighted by molar-refractivity contribution is 0.0940. The van der Waals surface area contributed by atoms with Crippen LogP contribution in [0.5, 0.6) is 0 Å². The minimum atomic E-state index is -3.79. The van der Waals surface area contributed by atoms with Crippen LogP contribution < -0.4 is 16.2 Å². The summed E-state index contributed by atoms with van der Waals surface area (Å²) in [6, 6.07) is 27.7. The summed E-state index contributed by atoms with van der Waals surface area (Å²) >= 11 is 7.78. The van der Waals surface area contributed by atoms with E-state index in [1.54, 1.807) is 18.2 Å². The smallest absolute Gasteiger partial charge is 0.282 e. The van der Waals surface area contributed by atoms with Gasteiger partial charge in [-0.1, -0.05) is 46.9 Å². The fraction of sp³-hybridized carbons (Fsp3) is 0.273. The molecule has 0 unspecified atom stereocenters. The third kappa shape index (κ3) is 8.71. The second-order valence-electron chi connectivity index (χ2n) is 16.3. The molecule has 350 valence electrons. The Balaban J connectivity index is 0.740. The molecule has 0 aliphatic carbocycles. The van der Waals surface area contributed by atoms with E-state index in [0.29, 0.717) is 61.6 Å². The number of piperidine rings is 2. The van der Waals surface area contributed by atoms with Gasteiger partial charge in [-0.2, -0.15) is 8.61 Å². The van der Waals surface area contributed by atoms with Crippen molar-refractivity contribution in [3.8, 4) is 0 Å². The van der Waals surface area contributed by atoms with Crippen LogP contribution in [0.2, 0.25) is 0 Å². The van der Waals surface area contributed by atoms with Crippen molar-refractivity contribution in [1.82, 2.24) is 58.6 Å². The van der Waals surface area contributed by atoms with Crippen LogP contribution in [0.1, 0.15) is 68.2 Å². The molecule has 2 aromatic carbocycles. The number of rotatable bonds is 13. The van der Waals surface area contributed by atoms with E-state index in [4.69, 9.17) is 12.2 Å². The number of pyridine rings is 2. The maximum atomic E-state index is 13.7. The molecule has 2 N–H and O–H groups in total. The molecule has 2 saturated heterocycles. The van der Waals surface area contributed by atoms with Gasteiger partial charge in [-0.3, -0.25) is 14.4 Å². The van der Waals surface area contributed by atoms with Gasteiger partial charge in [0.1, 0.15) is 29.7 Å². The minimum absolute atomic E-state index is 0.00941. The molecule has 68 heavy (non-hydrogen) atoms. The predicted molar refractivity (Wildman–Crippen MR) is 257 cm³/mol. The number of amides is 2. The third-order valence-corrected chi connectivity index (χ3v) is 19.5. The van der Waals surface area contributed by atoms with Crippen LogP contribution in [0.4, 0.5) is 0 Å². The summed E-state index contributed by atoms with van der Waals surface area (Å²) in [6.07, 6.45) is 5.24. The van der Waals surface area contributed by atoms with E-state index in [-0.39, 0.29) is 49.4 Å². The number of thiophene rings is 2. The lowest BCUT2D eigenvalue weighted by atomic mass is 10.1. The molecule has 2 aliphatic heterocycles. The summed E-state index contributed by atoms with van der Waals surface area (Å²) in [7, 11) is -7.56. The average molecular weight is 1010 g/mol. The van der Waals surface area contributed by atoms with E-state index in [1.165, 1.54) is 56.0 Å². The van der Waals surface area contributed by atoms with E-state index < -0.39 is 37.4 Å². The van der Waals surface area contributed by atoms with Crippen LogP contribution in [0.15, 0.2) is 123 Å². The van der Waals surface area contributed by atoms with Gasteiger partial charge in [-0.25, -0.2) is 35.6 Å². The molecule has 2 fully saturated rings. The van der Waals surface area contributed by atoms with Gasteiger partial charge in [0.2, 0.25) is 0 Å². The molecule has 0 saturated carbocycles. The fourth-order valence-corrected chi connectivity index (χ4v) is 14.7. The average Bonchev–Trinajstić information content (AvgIpc) is 4.20. The second kappa shape index (κ2) is 18.7. The zero-order valence-corrected chi connectivity index (χ0v) is 40.1. The first-order chi connectivity index (χ1) is 32.9. The maximum absolute atomic E-state index is 13.7. The highest BCUT2D eigenvalue weighted by Crippen LogP contribution is 2.33. The van der Waals surface area contributed by atoms with Crippen LogP contribution in [0.3, 0.4) is 0 Å². The Labute approximate surface area is 402 Å². The van der Waals surface area contributed by atoms with Crippen LogP contribution in [0, 0.1) is 4.64 Å². The van der Waals surface area contributed by atoms with E-state index in [9.17, 15) is 31.2 Å². The predicted octanol–water partition coefficient (Wildman–Crippen LogP) is 5.21. The number of fused-ring (bicyclic) bond motifs is 2. The monoisotopic (exact) mass is 1010 g/mol. The molecule has 8 aromatic rings. The lowest BCUT2D eigenvalue weighted by Gasteiger charge is -2.30. The zero-order valence-electron chi connectivity index (χ0n) is 36.0. The number of aromatic nitrogens is 8. The summed E-state index contributed by atoms with van der Waals surface area (Å²) in [5.74, 6) is -1.23. The van der Waals surface area contributed by atoms with Crippen molar-refractivity contribution in [1.29, 1.82) is 0 Å². The number of para-hydroxylation sites is 2. The topological polar surface area (TPSA) is 221 Å². The molecular formula is C44H42N12O7S5. The minimum Gasteiger partial charge on any atom is -0.347 e. The van der Waals surface area contributed by atoms with Gasteiger partial charge in [-0.15, -0.1) is 32.9 Å². The van der Waals surface area contributed by atoms with Crippen molar-refractivity contribution < 1.29 is 26.4 Å². The Morgan fingerprint density at radius 1 is 0.588 bits per heavy atom. The van der Waals surface area contributed by atoms with Gasteiger partial charge in [0.25, 0.3) is 37.4 Å². The van der Waals surface area contributed by atoms with Crippen LogP contribution in [-0.2, 0) is 33.1 Å². The first kappa shape index (κ1) is 45.5. The Morgan fingerprint density at radius 2 is 1.03 bits per heavy atom. The second-order valence-corrected chi connectivity index (χ2v) is 23.3. The number of carbonyl (C=O) groups is 2.